The van der Waals surface area contributed by atoms with Gasteiger partial charge in [0.1, 0.15) is 0 Å². The summed E-state index contributed by atoms with van der Waals surface area (Å²) < 4.78 is 16.4. The highest BCUT2D eigenvalue weighted by molar-refractivity contribution is 5.97. The molecule has 0 bridgehead atoms. The van der Waals surface area contributed by atoms with Gasteiger partial charge in [-0.05, 0) is 56.9 Å². The van der Waals surface area contributed by atoms with E-state index in [0.29, 0.717) is 43.4 Å². The maximum Gasteiger partial charge on any atom is 0.341 e. The SMILES string of the molecule is CCOc1ccc(CCNC(=O)COC(=O)c2cc([N+](=O)[O-])ccc2N2CCCC2)cc1OCC. The van der Waals surface area contributed by atoms with Crippen LogP contribution in [-0.2, 0) is 16.0 Å². The number of nitro benzene ring substituents is 1. The van der Waals surface area contributed by atoms with Crippen molar-refractivity contribution in [3.63, 3.8) is 0 Å². The van der Waals surface area contributed by atoms with Gasteiger partial charge >= 0.3 is 5.97 Å². The molecule has 0 unspecified atom stereocenters. The average Bonchev–Trinajstić information content (AvgIpc) is 3.39. The summed E-state index contributed by atoms with van der Waals surface area (Å²) in [6, 6.07) is 9.76. The lowest BCUT2D eigenvalue weighted by atomic mass is 10.1. The van der Waals surface area contributed by atoms with Crippen molar-refractivity contribution in [3.05, 3.63) is 57.6 Å². The zero-order chi connectivity index (χ0) is 25.2. The molecular weight excluding hydrogens is 454 g/mol. The molecule has 10 nitrogen and oxygen atoms in total. The first kappa shape index (κ1) is 25.8. The Kier molecular flexibility index (Phi) is 9.28. The van der Waals surface area contributed by atoms with Crippen molar-refractivity contribution in [2.75, 3.05) is 44.4 Å². The molecule has 1 aliphatic heterocycles. The number of hydrogen-bond acceptors (Lipinski definition) is 8. The van der Waals surface area contributed by atoms with Crippen LogP contribution in [-0.4, -0.2) is 56.3 Å². The fourth-order valence-electron chi connectivity index (χ4n) is 3.89. The van der Waals surface area contributed by atoms with Crippen LogP contribution in [0.4, 0.5) is 11.4 Å². The second-order valence-electron chi connectivity index (χ2n) is 7.98. The molecule has 0 atom stereocenters. The number of carbonyl (C=O) groups excluding carboxylic acids is 2. The first-order chi connectivity index (χ1) is 16.9. The minimum absolute atomic E-state index is 0.0896. The number of hydrogen-bond donors (Lipinski definition) is 1. The van der Waals surface area contributed by atoms with Crippen molar-refractivity contribution in [1.29, 1.82) is 0 Å². The van der Waals surface area contributed by atoms with Crippen molar-refractivity contribution < 1.29 is 28.7 Å². The molecular formula is C25H31N3O7. The summed E-state index contributed by atoms with van der Waals surface area (Å²) >= 11 is 0. The molecule has 10 heteroatoms. The van der Waals surface area contributed by atoms with E-state index in [0.717, 1.165) is 31.5 Å². The smallest absolute Gasteiger partial charge is 0.341 e. The van der Waals surface area contributed by atoms with Crippen LogP contribution in [0.3, 0.4) is 0 Å². The molecule has 1 fully saturated rings. The number of ether oxygens (including phenoxy) is 3. The fraction of sp³-hybridized carbons (Fsp3) is 0.440. The van der Waals surface area contributed by atoms with Crippen LogP contribution in [0, 0.1) is 10.1 Å². The lowest BCUT2D eigenvalue weighted by molar-refractivity contribution is -0.384. The monoisotopic (exact) mass is 485 g/mol. The van der Waals surface area contributed by atoms with Crippen molar-refractivity contribution in [2.45, 2.75) is 33.1 Å². The van der Waals surface area contributed by atoms with Crippen LogP contribution < -0.4 is 19.7 Å². The summed E-state index contributed by atoms with van der Waals surface area (Å²) in [7, 11) is 0. The number of amides is 1. The molecule has 3 rings (SSSR count). The Labute approximate surface area is 204 Å². The number of esters is 1. The maximum atomic E-state index is 12.7. The highest BCUT2D eigenvalue weighted by Crippen LogP contribution is 2.30. The Morgan fingerprint density at radius 1 is 1.03 bits per heavy atom. The number of rotatable bonds is 12. The van der Waals surface area contributed by atoms with Crippen LogP contribution in [0.5, 0.6) is 11.5 Å². The van der Waals surface area contributed by atoms with Crippen molar-refractivity contribution in [3.8, 4) is 11.5 Å². The van der Waals surface area contributed by atoms with E-state index in [4.69, 9.17) is 14.2 Å². The lowest BCUT2D eigenvalue weighted by Crippen LogP contribution is -2.31. The van der Waals surface area contributed by atoms with E-state index in [2.05, 4.69) is 5.32 Å². The molecule has 0 radical (unpaired) electrons. The van der Waals surface area contributed by atoms with E-state index in [1.54, 1.807) is 6.07 Å². The van der Waals surface area contributed by atoms with Crippen LogP contribution >= 0.6 is 0 Å². The number of benzene rings is 2. The predicted molar refractivity (Wildman–Crippen MR) is 130 cm³/mol. The minimum Gasteiger partial charge on any atom is -0.490 e. The van der Waals surface area contributed by atoms with Gasteiger partial charge in [-0.1, -0.05) is 6.07 Å². The first-order valence-corrected chi connectivity index (χ1v) is 11.8. The van der Waals surface area contributed by atoms with Crippen LogP contribution in [0.2, 0.25) is 0 Å². The van der Waals surface area contributed by atoms with Crippen LogP contribution in [0.1, 0.15) is 42.6 Å². The predicted octanol–water partition coefficient (Wildman–Crippen LogP) is 3.51. The number of nitro groups is 1. The third-order valence-electron chi connectivity index (χ3n) is 5.54. The van der Waals surface area contributed by atoms with Gasteiger partial charge in [-0.3, -0.25) is 14.9 Å². The molecule has 0 aliphatic carbocycles. The van der Waals surface area contributed by atoms with Gasteiger partial charge in [-0.15, -0.1) is 0 Å². The summed E-state index contributed by atoms with van der Waals surface area (Å²) in [5.74, 6) is 0.0995. The van der Waals surface area contributed by atoms with Crippen molar-refractivity contribution in [1.82, 2.24) is 5.32 Å². The Bertz CT molecular complexity index is 1050. The van der Waals surface area contributed by atoms with E-state index in [9.17, 15) is 19.7 Å². The van der Waals surface area contributed by atoms with E-state index in [1.807, 2.05) is 36.9 Å². The number of nitrogens with one attached hydrogen (secondary N) is 1. The van der Waals surface area contributed by atoms with E-state index >= 15 is 0 Å². The number of carbonyl (C=O) groups is 2. The minimum atomic E-state index is -0.765. The summed E-state index contributed by atoms with van der Waals surface area (Å²) in [5.41, 5.74) is 1.43. The van der Waals surface area contributed by atoms with Gasteiger partial charge in [0.05, 0.1) is 29.4 Å². The summed E-state index contributed by atoms with van der Waals surface area (Å²) in [4.78, 5) is 37.6. The van der Waals surface area contributed by atoms with Gasteiger partial charge in [0, 0.05) is 31.8 Å². The molecule has 1 aliphatic rings. The Balaban J connectivity index is 1.54. The third kappa shape index (κ3) is 7.08. The third-order valence-corrected chi connectivity index (χ3v) is 5.54. The normalized spacial score (nSPS) is 12.8. The Morgan fingerprint density at radius 3 is 2.43 bits per heavy atom. The Hall–Kier alpha value is -3.82. The molecule has 2 aromatic carbocycles. The van der Waals surface area contributed by atoms with E-state index in [1.165, 1.54) is 12.1 Å². The van der Waals surface area contributed by atoms with E-state index < -0.39 is 23.4 Å². The zero-order valence-electron chi connectivity index (χ0n) is 20.1. The molecule has 0 spiro atoms. The largest absolute Gasteiger partial charge is 0.490 e. The number of anilines is 1. The zero-order valence-corrected chi connectivity index (χ0v) is 20.1. The summed E-state index contributed by atoms with van der Waals surface area (Å²) in [5, 5.41) is 13.9. The van der Waals surface area contributed by atoms with Crippen LogP contribution in [0.25, 0.3) is 0 Å². The van der Waals surface area contributed by atoms with Crippen LogP contribution in [0.15, 0.2) is 36.4 Å². The molecule has 188 valence electrons. The van der Waals surface area contributed by atoms with Gasteiger partial charge < -0.3 is 24.4 Å². The fourth-order valence-corrected chi connectivity index (χ4v) is 3.89. The molecule has 1 N–H and O–H groups in total. The van der Waals surface area contributed by atoms with Gasteiger partial charge in [0.2, 0.25) is 0 Å². The molecule has 0 saturated carbocycles. The molecule has 1 amide bonds. The highest BCUT2D eigenvalue weighted by Gasteiger charge is 2.24. The van der Waals surface area contributed by atoms with E-state index in [-0.39, 0.29) is 11.3 Å². The maximum absolute atomic E-state index is 12.7. The molecule has 2 aromatic rings. The molecule has 1 saturated heterocycles. The quantitative estimate of drug-likeness (QED) is 0.276. The first-order valence-electron chi connectivity index (χ1n) is 11.8. The second kappa shape index (κ2) is 12.6. The van der Waals surface area contributed by atoms with Crippen molar-refractivity contribution in [2.24, 2.45) is 0 Å². The average molecular weight is 486 g/mol. The molecule has 35 heavy (non-hydrogen) atoms. The second-order valence-corrected chi connectivity index (χ2v) is 7.98. The number of nitrogens with zero attached hydrogens (tertiary/aromatic N) is 2. The summed E-state index contributed by atoms with van der Waals surface area (Å²) in [6.45, 7) is 6.22. The van der Waals surface area contributed by atoms with Gasteiger partial charge in [0.15, 0.2) is 18.1 Å². The standard InChI is InChI=1S/C25H31N3O7/c1-3-33-22-10-7-18(15-23(22)34-4-2)11-12-26-24(29)17-35-25(30)20-16-19(28(31)32)8-9-21(20)27-13-5-6-14-27/h7-10,15-16H,3-6,11-14,17H2,1-2H3,(H,26,29). The van der Waals surface area contributed by atoms with Crippen molar-refractivity contribution >= 4 is 23.3 Å². The topological polar surface area (TPSA) is 120 Å². The Morgan fingerprint density at radius 2 is 1.74 bits per heavy atom. The number of non-ortho nitro benzene ring substituents is 1. The molecule has 0 aromatic heterocycles. The summed E-state index contributed by atoms with van der Waals surface area (Å²) in [6.07, 6.45) is 2.51. The highest BCUT2D eigenvalue weighted by atomic mass is 16.6. The lowest BCUT2D eigenvalue weighted by Gasteiger charge is -2.20. The van der Waals surface area contributed by atoms with Gasteiger partial charge in [-0.2, -0.15) is 0 Å². The molecule has 1 heterocycles. The van der Waals surface area contributed by atoms with Gasteiger partial charge in [-0.25, -0.2) is 4.79 Å². The van der Waals surface area contributed by atoms with Gasteiger partial charge in [0.25, 0.3) is 11.6 Å².